The molecule has 2 aliphatic heterocycles. The average Bonchev–Trinajstić information content (AvgIpc) is 2.97. The number of carbonyl (C=O) groups excluding carboxylic acids is 1. The van der Waals surface area contributed by atoms with Gasteiger partial charge in [0.2, 0.25) is 5.91 Å². The third kappa shape index (κ3) is 2.18. The predicted molar refractivity (Wildman–Crippen MR) is 68.6 cm³/mol. The Balaban J connectivity index is 1.51. The smallest absolute Gasteiger partial charge is 0.227 e. The first kappa shape index (κ1) is 11.5. The summed E-state index contributed by atoms with van der Waals surface area (Å²) in [6.45, 7) is 1.30. The number of nitrogens with zero attached hydrogens (tertiary/aromatic N) is 1. The van der Waals surface area contributed by atoms with E-state index in [2.05, 4.69) is 18.2 Å². The van der Waals surface area contributed by atoms with Gasteiger partial charge < -0.3 is 9.64 Å². The summed E-state index contributed by atoms with van der Waals surface area (Å²) in [6.07, 6.45) is 5.60. The molecule has 0 unspecified atom stereocenters. The van der Waals surface area contributed by atoms with E-state index in [1.54, 1.807) is 0 Å². The Bertz CT molecular complexity index is 455. The lowest BCUT2D eigenvalue weighted by molar-refractivity contribution is -0.126. The Morgan fingerprint density at radius 1 is 1.28 bits per heavy atom. The maximum Gasteiger partial charge on any atom is 0.227 e. The first-order chi connectivity index (χ1) is 8.84. The summed E-state index contributed by atoms with van der Waals surface area (Å²) in [5.74, 6) is 0.582. The summed E-state index contributed by atoms with van der Waals surface area (Å²) in [4.78, 5) is 13.6. The molecule has 1 saturated heterocycles. The minimum absolute atomic E-state index is 0.238. The van der Waals surface area contributed by atoms with Gasteiger partial charge in [-0.05, 0) is 12.0 Å². The molecule has 0 saturated carbocycles. The van der Waals surface area contributed by atoms with Crippen molar-refractivity contribution in [2.24, 2.45) is 5.92 Å². The van der Waals surface area contributed by atoms with Crippen LogP contribution in [-0.4, -0.2) is 23.5 Å². The van der Waals surface area contributed by atoms with Gasteiger partial charge in [-0.3, -0.25) is 4.79 Å². The molecule has 0 spiro atoms. The standard InChI is InChI=1S/C15H17NO2/c17-15-9-13(14-7-4-8-16(14)15)11-18-10-12-5-2-1-3-6-12/h1-6,8,13-14H,7,9-11H2/t13-,14-/m0/s1. The fourth-order valence-electron chi connectivity index (χ4n) is 2.76. The molecule has 2 aliphatic rings. The molecule has 2 atom stereocenters. The van der Waals surface area contributed by atoms with Crippen molar-refractivity contribution < 1.29 is 9.53 Å². The number of amides is 1. The second-order valence-corrected chi connectivity index (χ2v) is 4.95. The third-order valence-corrected chi connectivity index (χ3v) is 3.71. The molecule has 0 N–H and O–H groups in total. The van der Waals surface area contributed by atoms with E-state index >= 15 is 0 Å². The van der Waals surface area contributed by atoms with Crippen LogP contribution in [-0.2, 0) is 16.1 Å². The number of hydrogen-bond acceptors (Lipinski definition) is 2. The lowest BCUT2D eigenvalue weighted by Crippen LogP contribution is -2.28. The highest BCUT2D eigenvalue weighted by Gasteiger charge is 2.40. The molecule has 1 fully saturated rings. The third-order valence-electron chi connectivity index (χ3n) is 3.71. The Kier molecular flexibility index (Phi) is 3.15. The summed E-state index contributed by atoms with van der Waals surface area (Å²) in [6, 6.07) is 10.5. The second kappa shape index (κ2) is 4.94. The van der Waals surface area contributed by atoms with Crippen LogP contribution in [0.2, 0.25) is 0 Å². The van der Waals surface area contributed by atoms with Crippen molar-refractivity contribution in [2.75, 3.05) is 6.61 Å². The molecule has 0 radical (unpaired) electrons. The second-order valence-electron chi connectivity index (χ2n) is 4.95. The van der Waals surface area contributed by atoms with E-state index in [-0.39, 0.29) is 5.91 Å². The lowest BCUT2D eigenvalue weighted by atomic mass is 10.00. The number of ether oxygens (including phenoxy) is 1. The molecule has 3 heteroatoms. The first-order valence-electron chi connectivity index (χ1n) is 6.44. The molecule has 0 aromatic heterocycles. The highest BCUT2D eigenvalue weighted by atomic mass is 16.5. The predicted octanol–water partition coefficient (Wildman–Crippen LogP) is 2.34. The van der Waals surface area contributed by atoms with Crippen LogP contribution in [0.5, 0.6) is 0 Å². The Morgan fingerprint density at radius 2 is 2.11 bits per heavy atom. The van der Waals surface area contributed by atoms with Gasteiger partial charge in [-0.25, -0.2) is 0 Å². The van der Waals surface area contributed by atoms with Gasteiger partial charge in [0.1, 0.15) is 0 Å². The largest absolute Gasteiger partial charge is 0.376 e. The van der Waals surface area contributed by atoms with Crippen LogP contribution in [0.4, 0.5) is 0 Å². The fourth-order valence-corrected chi connectivity index (χ4v) is 2.76. The summed E-state index contributed by atoms with van der Waals surface area (Å²) < 4.78 is 5.75. The molecule has 2 heterocycles. The molecular weight excluding hydrogens is 226 g/mol. The number of rotatable bonds is 4. The van der Waals surface area contributed by atoms with Crippen LogP contribution >= 0.6 is 0 Å². The number of benzene rings is 1. The van der Waals surface area contributed by atoms with Gasteiger partial charge in [-0.1, -0.05) is 36.4 Å². The van der Waals surface area contributed by atoms with Gasteiger partial charge in [0.05, 0.1) is 13.2 Å². The van der Waals surface area contributed by atoms with E-state index < -0.39 is 0 Å². The normalized spacial score (nSPS) is 25.8. The van der Waals surface area contributed by atoms with E-state index in [1.165, 1.54) is 5.56 Å². The number of fused-ring (bicyclic) bond motifs is 1. The monoisotopic (exact) mass is 243 g/mol. The van der Waals surface area contributed by atoms with Gasteiger partial charge in [-0.15, -0.1) is 0 Å². The molecule has 1 amide bonds. The van der Waals surface area contributed by atoms with Crippen molar-refractivity contribution in [3.63, 3.8) is 0 Å². The van der Waals surface area contributed by atoms with Crippen LogP contribution < -0.4 is 0 Å². The van der Waals surface area contributed by atoms with E-state index in [4.69, 9.17) is 4.74 Å². The molecule has 1 aromatic rings. The topological polar surface area (TPSA) is 29.5 Å². The Labute approximate surface area is 107 Å². The summed E-state index contributed by atoms with van der Waals surface area (Å²) in [5, 5.41) is 0. The highest BCUT2D eigenvalue weighted by molar-refractivity contribution is 5.81. The van der Waals surface area contributed by atoms with E-state index in [0.717, 1.165) is 6.42 Å². The van der Waals surface area contributed by atoms with Crippen LogP contribution in [0.15, 0.2) is 42.6 Å². The van der Waals surface area contributed by atoms with Gasteiger partial charge >= 0.3 is 0 Å². The first-order valence-corrected chi connectivity index (χ1v) is 6.44. The van der Waals surface area contributed by atoms with Gasteiger partial charge in [-0.2, -0.15) is 0 Å². The van der Waals surface area contributed by atoms with Crippen LogP contribution in [0.1, 0.15) is 18.4 Å². The van der Waals surface area contributed by atoms with Gasteiger partial charge in [0, 0.05) is 24.6 Å². The molecular formula is C15H17NO2. The van der Waals surface area contributed by atoms with Crippen LogP contribution in [0, 0.1) is 5.92 Å². The van der Waals surface area contributed by atoms with Crippen molar-refractivity contribution in [1.29, 1.82) is 0 Å². The fraction of sp³-hybridized carbons (Fsp3) is 0.400. The van der Waals surface area contributed by atoms with Crippen molar-refractivity contribution in [2.45, 2.75) is 25.5 Å². The van der Waals surface area contributed by atoms with Crippen molar-refractivity contribution in [3.8, 4) is 0 Å². The van der Waals surface area contributed by atoms with E-state index in [1.807, 2.05) is 29.3 Å². The van der Waals surface area contributed by atoms with Gasteiger partial charge in [0.25, 0.3) is 0 Å². The van der Waals surface area contributed by atoms with Crippen LogP contribution in [0.3, 0.4) is 0 Å². The van der Waals surface area contributed by atoms with E-state index in [0.29, 0.717) is 31.6 Å². The molecule has 1 aromatic carbocycles. The van der Waals surface area contributed by atoms with E-state index in [9.17, 15) is 4.79 Å². The highest BCUT2D eigenvalue weighted by Crippen LogP contribution is 2.32. The average molecular weight is 243 g/mol. The zero-order valence-electron chi connectivity index (χ0n) is 10.3. The van der Waals surface area contributed by atoms with Crippen molar-refractivity contribution in [1.82, 2.24) is 4.90 Å². The summed E-state index contributed by atoms with van der Waals surface area (Å²) in [5.41, 5.74) is 1.18. The molecule has 94 valence electrons. The molecule has 0 bridgehead atoms. The number of hydrogen-bond donors (Lipinski definition) is 0. The quantitative estimate of drug-likeness (QED) is 0.812. The molecule has 3 rings (SSSR count). The minimum Gasteiger partial charge on any atom is -0.376 e. The molecule has 0 aliphatic carbocycles. The number of carbonyl (C=O) groups is 1. The maximum absolute atomic E-state index is 11.7. The Morgan fingerprint density at radius 3 is 2.94 bits per heavy atom. The lowest BCUT2D eigenvalue weighted by Gasteiger charge is -2.19. The SMILES string of the molecule is O=C1C[C@@H](COCc2ccccc2)[C@@H]2CC=CN12. The van der Waals surface area contributed by atoms with Crippen molar-refractivity contribution >= 4 is 5.91 Å². The van der Waals surface area contributed by atoms with Gasteiger partial charge in [0.15, 0.2) is 0 Å². The van der Waals surface area contributed by atoms with Crippen LogP contribution in [0.25, 0.3) is 0 Å². The minimum atomic E-state index is 0.238. The maximum atomic E-state index is 11.7. The summed E-state index contributed by atoms with van der Waals surface area (Å²) >= 11 is 0. The zero-order valence-corrected chi connectivity index (χ0v) is 10.3. The summed E-state index contributed by atoms with van der Waals surface area (Å²) in [7, 11) is 0. The Hall–Kier alpha value is -1.61. The van der Waals surface area contributed by atoms with Crippen molar-refractivity contribution in [3.05, 3.63) is 48.2 Å². The molecule has 18 heavy (non-hydrogen) atoms. The zero-order chi connectivity index (χ0) is 12.4. The molecule has 3 nitrogen and oxygen atoms in total.